The quantitative estimate of drug-likeness (QED) is 0.381. The van der Waals surface area contributed by atoms with Crippen molar-refractivity contribution in [2.75, 3.05) is 6.79 Å². The Kier molecular flexibility index (Phi) is 3.58. The molecule has 0 aromatic carbocycles. The lowest BCUT2D eigenvalue weighted by molar-refractivity contribution is -0.150. The number of carbonyl (C=O) groups excluding carboxylic acids is 1. The lowest BCUT2D eigenvalue weighted by Gasteiger charge is -2.06. The molecule has 0 atom stereocenters. The molecule has 0 heterocycles. The molecule has 0 bridgehead atoms. The highest BCUT2D eigenvalue weighted by atomic mass is 35.6. The Balaban J connectivity index is 3.74. The molecular weight excluding hydrogens is 190 g/mol. The summed E-state index contributed by atoms with van der Waals surface area (Å²) in [6.45, 7) is -0.785. The van der Waals surface area contributed by atoms with E-state index in [-0.39, 0.29) is 0 Å². The SMILES string of the molecule is O=C(OCO)C(Cl)(Cl)Cl. The zero-order chi connectivity index (χ0) is 7.49. The summed E-state index contributed by atoms with van der Waals surface area (Å²) in [7, 11) is 0. The van der Waals surface area contributed by atoms with Gasteiger partial charge in [-0.1, -0.05) is 34.8 Å². The predicted octanol–water partition coefficient (Wildman–Crippen LogP) is 0.850. The van der Waals surface area contributed by atoms with Crippen molar-refractivity contribution in [3.63, 3.8) is 0 Å². The summed E-state index contributed by atoms with van der Waals surface area (Å²) in [4.78, 5) is 10.3. The number of ether oxygens (including phenoxy) is 1. The summed E-state index contributed by atoms with van der Waals surface area (Å²) in [5.74, 6) is -1.09. The number of carbonyl (C=O) groups is 1. The minimum atomic E-state index is -2.09. The number of hydrogen-bond acceptors (Lipinski definition) is 3. The van der Waals surface area contributed by atoms with Gasteiger partial charge in [-0.3, -0.25) is 0 Å². The van der Waals surface area contributed by atoms with Crippen LogP contribution in [0.3, 0.4) is 0 Å². The Morgan fingerprint density at radius 2 is 2.00 bits per heavy atom. The monoisotopic (exact) mass is 192 g/mol. The van der Waals surface area contributed by atoms with Crippen molar-refractivity contribution in [3.05, 3.63) is 0 Å². The number of alkyl halides is 3. The van der Waals surface area contributed by atoms with E-state index in [0.29, 0.717) is 0 Å². The fourth-order valence-electron chi connectivity index (χ4n) is 0.140. The maximum Gasteiger partial charge on any atom is 0.360 e. The Hall–Kier alpha value is 0.300. The van der Waals surface area contributed by atoms with E-state index >= 15 is 0 Å². The Morgan fingerprint density at radius 1 is 1.56 bits per heavy atom. The highest BCUT2D eigenvalue weighted by Gasteiger charge is 2.32. The van der Waals surface area contributed by atoms with Gasteiger partial charge in [-0.2, -0.15) is 0 Å². The third kappa shape index (κ3) is 3.81. The van der Waals surface area contributed by atoms with Crippen LogP contribution in [0.2, 0.25) is 0 Å². The number of aliphatic hydroxyl groups is 1. The van der Waals surface area contributed by atoms with E-state index in [0.717, 1.165) is 0 Å². The molecule has 0 saturated carbocycles. The van der Waals surface area contributed by atoms with Gasteiger partial charge in [0, 0.05) is 0 Å². The number of hydrogen-bond donors (Lipinski definition) is 1. The van der Waals surface area contributed by atoms with E-state index in [1.807, 2.05) is 0 Å². The van der Waals surface area contributed by atoms with Crippen LogP contribution in [0.4, 0.5) is 0 Å². The topological polar surface area (TPSA) is 46.5 Å². The van der Waals surface area contributed by atoms with Crippen molar-refractivity contribution in [1.82, 2.24) is 0 Å². The van der Waals surface area contributed by atoms with Crippen molar-refractivity contribution < 1.29 is 14.6 Å². The molecular formula is C3H3Cl3O3. The highest BCUT2D eigenvalue weighted by Crippen LogP contribution is 2.26. The van der Waals surface area contributed by atoms with E-state index in [4.69, 9.17) is 39.9 Å². The van der Waals surface area contributed by atoms with Crippen LogP contribution in [0.25, 0.3) is 0 Å². The molecule has 0 aliphatic carbocycles. The van der Waals surface area contributed by atoms with E-state index in [9.17, 15) is 4.79 Å². The van der Waals surface area contributed by atoms with Crippen molar-refractivity contribution in [2.45, 2.75) is 3.79 Å². The molecule has 9 heavy (non-hydrogen) atoms. The van der Waals surface area contributed by atoms with Crippen LogP contribution >= 0.6 is 34.8 Å². The fourth-order valence-corrected chi connectivity index (χ4v) is 0.304. The van der Waals surface area contributed by atoms with Gasteiger partial charge in [0.25, 0.3) is 3.79 Å². The average Bonchev–Trinajstić information content (AvgIpc) is 1.64. The first-order valence-electron chi connectivity index (χ1n) is 1.83. The van der Waals surface area contributed by atoms with Crippen LogP contribution in [0.1, 0.15) is 0 Å². The largest absolute Gasteiger partial charge is 0.436 e. The summed E-state index contributed by atoms with van der Waals surface area (Å²) < 4.78 is 1.83. The van der Waals surface area contributed by atoms with Crippen molar-refractivity contribution in [3.8, 4) is 0 Å². The molecule has 1 N–H and O–H groups in total. The second kappa shape index (κ2) is 3.46. The molecule has 0 amide bonds. The second-order valence-corrected chi connectivity index (χ2v) is 3.34. The minimum absolute atomic E-state index is 0.785. The normalized spacial score (nSPS) is 11.1. The molecule has 0 aromatic rings. The van der Waals surface area contributed by atoms with Crippen LogP contribution in [0.5, 0.6) is 0 Å². The maximum absolute atomic E-state index is 10.3. The summed E-state index contributed by atoms with van der Waals surface area (Å²) in [6, 6.07) is 0. The predicted molar refractivity (Wildman–Crippen MR) is 33.5 cm³/mol. The summed E-state index contributed by atoms with van der Waals surface area (Å²) in [6.07, 6.45) is 0. The minimum Gasteiger partial charge on any atom is -0.436 e. The van der Waals surface area contributed by atoms with Crippen LogP contribution in [0, 0.1) is 0 Å². The molecule has 0 radical (unpaired) electrons. The zero-order valence-electron chi connectivity index (χ0n) is 4.10. The lowest BCUT2D eigenvalue weighted by atomic mass is 10.8. The molecule has 0 aromatic heterocycles. The first-order valence-corrected chi connectivity index (χ1v) is 2.96. The molecule has 0 saturated heterocycles. The Bertz CT molecular complexity index is 107. The zero-order valence-corrected chi connectivity index (χ0v) is 6.37. The molecule has 0 fully saturated rings. The number of aliphatic hydroxyl groups excluding tert-OH is 1. The lowest BCUT2D eigenvalue weighted by Crippen LogP contribution is -2.22. The van der Waals surface area contributed by atoms with E-state index in [1.54, 1.807) is 0 Å². The van der Waals surface area contributed by atoms with E-state index in [1.165, 1.54) is 0 Å². The van der Waals surface area contributed by atoms with E-state index in [2.05, 4.69) is 4.74 Å². The number of halogens is 3. The molecule has 0 spiro atoms. The summed E-state index contributed by atoms with van der Waals surface area (Å²) in [5, 5.41) is 7.98. The number of rotatable bonds is 1. The Morgan fingerprint density at radius 3 is 2.11 bits per heavy atom. The average molecular weight is 193 g/mol. The van der Waals surface area contributed by atoms with E-state index < -0.39 is 16.6 Å². The van der Waals surface area contributed by atoms with Gasteiger partial charge in [-0.15, -0.1) is 0 Å². The molecule has 0 unspecified atom stereocenters. The molecule has 0 aliphatic heterocycles. The van der Waals surface area contributed by atoms with Gasteiger partial charge in [0.1, 0.15) is 0 Å². The molecule has 0 rings (SSSR count). The summed E-state index contributed by atoms with van der Waals surface area (Å²) in [5.41, 5.74) is 0. The van der Waals surface area contributed by atoms with Crippen molar-refractivity contribution in [1.29, 1.82) is 0 Å². The van der Waals surface area contributed by atoms with Crippen LogP contribution in [-0.4, -0.2) is 21.7 Å². The highest BCUT2D eigenvalue weighted by molar-refractivity contribution is 6.75. The van der Waals surface area contributed by atoms with Gasteiger partial charge in [0.2, 0.25) is 0 Å². The van der Waals surface area contributed by atoms with Crippen LogP contribution in [0.15, 0.2) is 0 Å². The first kappa shape index (κ1) is 9.30. The van der Waals surface area contributed by atoms with Crippen molar-refractivity contribution in [2.24, 2.45) is 0 Å². The van der Waals surface area contributed by atoms with Gasteiger partial charge in [-0.25, -0.2) is 4.79 Å². The van der Waals surface area contributed by atoms with Gasteiger partial charge in [-0.05, 0) is 0 Å². The Labute approximate surface area is 66.4 Å². The van der Waals surface area contributed by atoms with Crippen LogP contribution in [-0.2, 0) is 9.53 Å². The summed E-state index contributed by atoms with van der Waals surface area (Å²) >= 11 is 15.0. The molecule has 0 aliphatic rings. The fraction of sp³-hybridized carbons (Fsp3) is 0.667. The van der Waals surface area contributed by atoms with Crippen molar-refractivity contribution >= 4 is 40.8 Å². The van der Waals surface area contributed by atoms with Gasteiger partial charge in [0.05, 0.1) is 0 Å². The third-order valence-corrected chi connectivity index (χ3v) is 0.890. The maximum atomic E-state index is 10.3. The number of esters is 1. The molecule has 54 valence electrons. The van der Waals surface area contributed by atoms with Gasteiger partial charge < -0.3 is 9.84 Å². The smallest absolute Gasteiger partial charge is 0.360 e. The van der Waals surface area contributed by atoms with Gasteiger partial charge in [0.15, 0.2) is 6.79 Å². The third-order valence-electron chi connectivity index (χ3n) is 0.427. The standard InChI is InChI=1S/C3H3Cl3O3/c4-3(5,6)2(8)9-1-7/h7H,1H2. The molecule has 3 nitrogen and oxygen atoms in total. The van der Waals surface area contributed by atoms with Crippen LogP contribution < -0.4 is 0 Å². The first-order chi connectivity index (χ1) is 3.98. The van der Waals surface area contributed by atoms with Gasteiger partial charge >= 0.3 is 5.97 Å². The second-order valence-electron chi connectivity index (χ2n) is 1.06. The molecule has 6 heteroatoms.